The van der Waals surface area contributed by atoms with Crippen LogP contribution in [0.2, 0.25) is 0 Å². The van der Waals surface area contributed by atoms with Gasteiger partial charge in [-0.1, -0.05) is 84.0 Å². The fraction of sp³-hybridized carbons (Fsp3) is 0.781. The zero-order valence-electron chi connectivity index (χ0n) is 24.6. The van der Waals surface area contributed by atoms with Gasteiger partial charge in [0.15, 0.2) is 17.3 Å². The van der Waals surface area contributed by atoms with Gasteiger partial charge in [-0.05, 0) is 24.6 Å². The summed E-state index contributed by atoms with van der Waals surface area (Å²) >= 11 is 0. The molecule has 0 fully saturated rings. The zero-order valence-corrected chi connectivity index (χ0v) is 24.6. The molecule has 39 heavy (non-hydrogen) atoms. The molecule has 2 rings (SSSR count). The Balaban J connectivity index is 1.67. The number of carbonyl (C=O) groups excluding carboxylic acids is 1. The minimum absolute atomic E-state index is 0.153. The summed E-state index contributed by atoms with van der Waals surface area (Å²) in [7, 11) is 0. The smallest absolute Gasteiger partial charge is 0.163 e. The first-order chi connectivity index (χ1) is 19.3. The van der Waals surface area contributed by atoms with Crippen LogP contribution in [0.5, 0.6) is 11.5 Å². The van der Waals surface area contributed by atoms with Crippen LogP contribution in [0, 0.1) is 0 Å². The molecule has 0 atom stereocenters. The van der Waals surface area contributed by atoms with Crippen molar-refractivity contribution in [3.63, 3.8) is 0 Å². The van der Waals surface area contributed by atoms with E-state index in [0.717, 1.165) is 12.8 Å². The summed E-state index contributed by atoms with van der Waals surface area (Å²) in [4.78, 5) is 12.9. The minimum Gasteiger partial charge on any atom is -0.487 e. The summed E-state index contributed by atoms with van der Waals surface area (Å²) in [5, 5.41) is 0. The summed E-state index contributed by atoms with van der Waals surface area (Å²) in [5.74, 6) is 1.33. The van der Waals surface area contributed by atoms with Gasteiger partial charge in [0.05, 0.1) is 52.9 Å². The lowest BCUT2D eigenvalue weighted by Gasteiger charge is -2.15. The molecule has 0 radical (unpaired) electrons. The Bertz CT molecular complexity index is 724. The number of Topliss-reactive ketones (excluding diaryl/α,β-unsaturated/α-hetero) is 1. The van der Waals surface area contributed by atoms with Gasteiger partial charge in [-0.2, -0.15) is 0 Å². The van der Waals surface area contributed by atoms with Crippen molar-refractivity contribution in [3.05, 3.63) is 23.8 Å². The van der Waals surface area contributed by atoms with E-state index in [0.29, 0.717) is 89.6 Å². The van der Waals surface area contributed by atoms with E-state index < -0.39 is 0 Å². The van der Waals surface area contributed by atoms with Gasteiger partial charge in [0, 0.05) is 12.0 Å². The summed E-state index contributed by atoms with van der Waals surface area (Å²) < 4.78 is 33.9. The summed E-state index contributed by atoms with van der Waals surface area (Å²) in [6.45, 7) is 7.00. The first-order valence-corrected chi connectivity index (χ1v) is 15.5. The van der Waals surface area contributed by atoms with Crippen LogP contribution < -0.4 is 9.47 Å². The number of ketones is 1. The lowest BCUT2D eigenvalue weighted by molar-refractivity contribution is -0.00842. The predicted octanol–water partition coefficient (Wildman–Crippen LogP) is 7.19. The monoisotopic (exact) mass is 550 g/mol. The topological polar surface area (TPSA) is 72.5 Å². The Kier molecular flexibility index (Phi) is 20.8. The molecule has 1 aromatic carbocycles. The van der Waals surface area contributed by atoms with Gasteiger partial charge >= 0.3 is 0 Å². The molecular formula is C32H54O7. The molecule has 0 bridgehead atoms. The van der Waals surface area contributed by atoms with E-state index in [2.05, 4.69) is 6.92 Å². The van der Waals surface area contributed by atoms with E-state index in [1.165, 1.54) is 70.6 Å². The zero-order chi connectivity index (χ0) is 27.6. The van der Waals surface area contributed by atoms with Crippen molar-refractivity contribution in [1.29, 1.82) is 0 Å². The number of benzene rings is 1. The van der Waals surface area contributed by atoms with E-state index in [4.69, 9.17) is 28.4 Å². The van der Waals surface area contributed by atoms with Crippen LogP contribution in [-0.4, -0.2) is 71.9 Å². The van der Waals surface area contributed by atoms with Gasteiger partial charge in [0.1, 0.15) is 13.2 Å². The molecule has 0 saturated heterocycles. The largest absolute Gasteiger partial charge is 0.487 e. The van der Waals surface area contributed by atoms with Crippen molar-refractivity contribution in [2.45, 2.75) is 96.8 Å². The molecule has 0 saturated carbocycles. The molecule has 0 N–H and O–H groups in total. The van der Waals surface area contributed by atoms with Gasteiger partial charge < -0.3 is 28.4 Å². The molecule has 0 unspecified atom stereocenters. The Morgan fingerprint density at radius 3 is 1.44 bits per heavy atom. The summed E-state index contributed by atoms with van der Waals surface area (Å²) in [6, 6.07) is 5.46. The number of fused-ring (bicyclic) bond motifs is 1. The maximum absolute atomic E-state index is 12.9. The maximum atomic E-state index is 12.9. The number of unbranched alkanes of at least 4 members (excludes halogenated alkanes) is 12. The number of hydrogen-bond donors (Lipinski definition) is 0. The van der Waals surface area contributed by atoms with Crippen LogP contribution in [0.4, 0.5) is 0 Å². The Morgan fingerprint density at radius 1 is 0.538 bits per heavy atom. The lowest BCUT2D eigenvalue weighted by atomic mass is 10.0. The average Bonchev–Trinajstić information content (AvgIpc) is 2.95. The molecule has 1 aliphatic rings. The van der Waals surface area contributed by atoms with Gasteiger partial charge in [-0.3, -0.25) is 4.79 Å². The molecule has 7 heteroatoms. The highest BCUT2D eigenvalue weighted by Crippen LogP contribution is 2.29. The predicted molar refractivity (Wildman–Crippen MR) is 155 cm³/mol. The highest BCUT2D eigenvalue weighted by molar-refractivity contribution is 5.96. The molecule has 0 spiro atoms. The second-order valence-electron chi connectivity index (χ2n) is 10.2. The molecule has 1 aromatic rings. The average molecular weight is 551 g/mol. The molecule has 7 nitrogen and oxygen atoms in total. The van der Waals surface area contributed by atoms with Crippen molar-refractivity contribution in [1.82, 2.24) is 0 Å². The molecular weight excluding hydrogens is 496 g/mol. The standard InChI is InChI=1S/C32H54O7/c1-2-3-4-5-6-7-8-9-10-11-12-13-14-15-30(33)29-16-17-31-32(28-29)39-27-25-37-23-21-35-19-18-34-20-22-36-24-26-38-31/h16-17,28H,2-15,18-27H2,1H3. The maximum Gasteiger partial charge on any atom is 0.163 e. The van der Waals surface area contributed by atoms with E-state index in [-0.39, 0.29) is 5.78 Å². The summed E-state index contributed by atoms with van der Waals surface area (Å²) in [6.07, 6.45) is 17.4. The third-order valence-electron chi connectivity index (χ3n) is 6.86. The highest BCUT2D eigenvalue weighted by Gasteiger charge is 2.12. The molecule has 0 amide bonds. The third kappa shape index (κ3) is 17.6. The van der Waals surface area contributed by atoms with Gasteiger partial charge in [-0.25, -0.2) is 0 Å². The van der Waals surface area contributed by atoms with Crippen LogP contribution in [0.1, 0.15) is 107 Å². The van der Waals surface area contributed by atoms with Gasteiger partial charge in [-0.15, -0.1) is 0 Å². The minimum atomic E-state index is 0.153. The van der Waals surface area contributed by atoms with E-state index >= 15 is 0 Å². The van der Waals surface area contributed by atoms with Crippen LogP contribution >= 0.6 is 0 Å². The molecule has 1 heterocycles. The first kappa shape index (κ1) is 33.5. The lowest BCUT2D eigenvalue weighted by Crippen LogP contribution is -2.16. The second kappa shape index (κ2) is 24.2. The Morgan fingerprint density at radius 2 is 0.949 bits per heavy atom. The first-order valence-electron chi connectivity index (χ1n) is 15.5. The van der Waals surface area contributed by atoms with Crippen molar-refractivity contribution in [2.75, 3.05) is 66.1 Å². The molecule has 224 valence electrons. The van der Waals surface area contributed by atoms with Crippen molar-refractivity contribution in [3.8, 4) is 11.5 Å². The fourth-order valence-electron chi connectivity index (χ4n) is 4.54. The quantitative estimate of drug-likeness (QED) is 0.169. The van der Waals surface area contributed by atoms with Crippen LogP contribution in [0.3, 0.4) is 0 Å². The highest BCUT2D eigenvalue weighted by atomic mass is 16.6. The number of hydrogen-bond acceptors (Lipinski definition) is 7. The van der Waals surface area contributed by atoms with Crippen molar-refractivity contribution >= 4 is 5.78 Å². The number of carbonyl (C=O) groups is 1. The van der Waals surface area contributed by atoms with E-state index in [1.54, 1.807) is 6.07 Å². The Hall–Kier alpha value is -1.67. The van der Waals surface area contributed by atoms with Crippen LogP contribution in [0.25, 0.3) is 0 Å². The molecule has 0 aliphatic carbocycles. The van der Waals surface area contributed by atoms with Crippen molar-refractivity contribution < 1.29 is 33.2 Å². The van der Waals surface area contributed by atoms with E-state index in [9.17, 15) is 4.79 Å². The third-order valence-corrected chi connectivity index (χ3v) is 6.86. The van der Waals surface area contributed by atoms with Gasteiger partial charge in [0.25, 0.3) is 0 Å². The summed E-state index contributed by atoms with van der Waals surface area (Å²) in [5.41, 5.74) is 0.668. The fourth-order valence-corrected chi connectivity index (χ4v) is 4.54. The second-order valence-corrected chi connectivity index (χ2v) is 10.2. The van der Waals surface area contributed by atoms with Crippen molar-refractivity contribution in [2.24, 2.45) is 0 Å². The number of rotatable bonds is 15. The number of ether oxygens (including phenoxy) is 6. The Labute approximate surface area is 237 Å². The van der Waals surface area contributed by atoms with E-state index in [1.807, 2.05) is 12.1 Å². The SMILES string of the molecule is CCCCCCCCCCCCCCCC(=O)c1ccc2c(c1)OCCOCCOCCOCCOCCO2. The van der Waals surface area contributed by atoms with Gasteiger partial charge in [0.2, 0.25) is 0 Å². The molecule has 1 aliphatic heterocycles. The molecule has 0 aromatic heterocycles. The van der Waals surface area contributed by atoms with Crippen LogP contribution in [0.15, 0.2) is 18.2 Å². The normalized spacial score (nSPS) is 16.3. The van der Waals surface area contributed by atoms with Crippen LogP contribution in [-0.2, 0) is 18.9 Å².